The van der Waals surface area contributed by atoms with Crippen LogP contribution in [0.25, 0.3) is 10.9 Å². The summed E-state index contributed by atoms with van der Waals surface area (Å²) in [5.41, 5.74) is 4.29. The van der Waals surface area contributed by atoms with Crippen molar-refractivity contribution in [3.05, 3.63) is 89.6 Å². The van der Waals surface area contributed by atoms with Gasteiger partial charge in [-0.2, -0.15) is 0 Å². The third-order valence-electron chi connectivity index (χ3n) is 8.04. The van der Waals surface area contributed by atoms with Crippen LogP contribution in [0.4, 0.5) is 0 Å². The van der Waals surface area contributed by atoms with Crippen molar-refractivity contribution < 1.29 is 12.8 Å². The molecule has 0 fully saturated rings. The SMILES string of the molecule is CC(C)c1c2n(c3cc(S(C)(=O)=O)c(CO[Si](c4ccccc4)(c4ccccc4)C(C)(C)C)cc13)CCNC2. The predicted molar refractivity (Wildman–Crippen MR) is 163 cm³/mol. The largest absolute Gasteiger partial charge is 0.403 e. The monoisotopic (exact) mass is 560 g/mol. The van der Waals surface area contributed by atoms with Gasteiger partial charge in [0.15, 0.2) is 9.84 Å². The van der Waals surface area contributed by atoms with Crippen LogP contribution in [0.2, 0.25) is 5.04 Å². The van der Waals surface area contributed by atoms with Gasteiger partial charge in [-0.05, 0) is 44.6 Å². The van der Waals surface area contributed by atoms with Crippen LogP contribution >= 0.6 is 0 Å². The molecular weight excluding hydrogens is 521 g/mol. The molecule has 0 saturated carbocycles. The van der Waals surface area contributed by atoms with E-state index in [0.717, 1.165) is 36.1 Å². The fourth-order valence-corrected chi connectivity index (χ4v) is 11.8. The van der Waals surface area contributed by atoms with E-state index in [2.05, 4.69) is 99.1 Å². The molecule has 5 rings (SSSR count). The second-order valence-electron chi connectivity index (χ2n) is 12.0. The van der Waals surface area contributed by atoms with Gasteiger partial charge < -0.3 is 14.3 Å². The molecule has 2 heterocycles. The van der Waals surface area contributed by atoms with E-state index < -0.39 is 18.2 Å². The molecule has 0 saturated heterocycles. The van der Waals surface area contributed by atoms with Crippen LogP contribution in [-0.2, 0) is 34.0 Å². The summed E-state index contributed by atoms with van der Waals surface area (Å²) in [7, 11) is -6.32. The zero-order valence-electron chi connectivity index (χ0n) is 23.9. The summed E-state index contributed by atoms with van der Waals surface area (Å²) in [5, 5.41) is 6.79. The highest BCUT2D eigenvalue weighted by atomic mass is 32.2. The number of nitrogens with one attached hydrogen (secondary N) is 1. The Bertz CT molecular complexity index is 1550. The Morgan fingerprint density at radius 1 is 0.974 bits per heavy atom. The van der Waals surface area contributed by atoms with Crippen LogP contribution in [-0.4, -0.2) is 34.1 Å². The first kappa shape index (κ1) is 27.8. The van der Waals surface area contributed by atoms with Crippen LogP contribution in [0.5, 0.6) is 0 Å². The van der Waals surface area contributed by atoms with Gasteiger partial charge in [0.1, 0.15) is 0 Å². The minimum Gasteiger partial charge on any atom is -0.403 e. The average Bonchev–Trinajstić information content (AvgIpc) is 3.22. The standard InChI is InChI=1S/C32H40N2O3SSi/c1-23(2)31-27-19-24(30(38(6,35)36)20-28(27)34-18-17-33-21-29(31)34)22-37-39(32(3,4)5,25-13-9-7-10-14-25)26-15-11-8-12-16-26/h7-16,19-20,23,33H,17-18,21-22H2,1-6H3. The topological polar surface area (TPSA) is 60.3 Å². The Labute approximate surface area is 234 Å². The van der Waals surface area contributed by atoms with Crippen LogP contribution in [0.1, 0.15) is 57.4 Å². The van der Waals surface area contributed by atoms with Crippen LogP contribution in [0, 0.1) is 0 Å². The lowest BCUT2D eigenvalue weighted by Crippen LogP contribution is -2.66. The van der Waals surface area contributed by atoms with E-state index in [1.54, 1.807) is 0 Å². The molecular formula is C32H40N2O3SSi. The third kappa shape index (κ3) is 4.90. The second kappa shape index (κ2) is 10.4. The Kier molecular flexibility index (Phi) is 7.39. The van der Waals surface area contributed by atoms with Gasteiger partial charge in [-0.25, -0.2) is 8.42 Å². The van der Waals surface area contributed by atoms with Gasteiger partial charge in [-0.15, -0.1) is 0 Å². The molecule has 3 aromatic carbocycles. The second-order valence-corrected chi connectivity index (χ2v) is 18.3. The average molecular weight is 561 g/mol. The summed E-state index contributed by atoms with van der Waals surface area (Å²) >= 11 is 0. The van der Waals surface area contributed by atoms with Crippen LogP contribution in [0.15, 0.2) is 77.7 Å². The molecule has 0 spiro atoms. The Morgan fingerprint density at radius 3 is 2.08 bits per heavy atom. The lowest BCUT2D eigenvalue weighted by molar-refractivity contribution is 0.283. The smallest absolute Gasteiger partial charge is 0.261 e. The molecule has 0 atom stereocenters. The van der Waals surface area contributed by atoms with Crippen molar-refractivity contribution in [1.29, 1.82) is 0 Å². The van der Waals surface area contributed by atoms with Gasteiger partial charge in [0.05, 0.1) is 11.5 Å². The van der Waals surface area contributed by atoms with E-state index in [1.807, 2.05) is 18.2 Å². The highest BCUT2D eigenvalue weighted by Gasteiger charge is 2.50. The first-order valence-corrected chi connectivity index (χ1v) is 17.6. The zero-order chi connectivity index (χ0) is 28.0. The summed E-state index contributed by atoms with van der Waals surface area (Å²) in [6.07, 6.45) is 1.31. The molecule has 0 radical (unpaired) electrons. The highest BCUT2D eigenvalue weighted by Crippen LogP contribution is 2.39. The van der Waals surface area contributed by atoms with Gasteiger partial charge in [-0.1, -0.05) is 95.3 Å². The number of fused-ring (bicyclic) bond motifs is 3. The molecule has 1 aromatic heterocycles. The number of rotatable bonds is 7. The molecule has 1 aliphatic rings. The molecule has 0 amide bonds. The first-order chi connectivity index (χ1) is 18.4. The number of hydrogen-bond acceptors (Lipinski definition) is 4. The maximum Gasteiger partial charge on any atom is 0.261 e. The predicted octanol–water partition coefficient (Wildman–Crippen LogP) is 5.35. The van der Waals surface area contributed by atoms with Crippen molar-refractivity contribution in [2.75, 3.05) is 12.8 Å². The van der Waals surface area contributed by atoms with Crippen molar-refractivity contribution in [3.8, 4) is 0 Å². The fourth-order valence-electron chi connectivity index (χ4n) is 6.39. The van der Waals surface area contributed by atoms with Crippen molar-refractivity contribution >= 4 is 39.4 Å². The summed E-state index contributed by atoms with van der Waals surface area (Å²) < 4.78 is 35.9. The number of aromatic nitrogens is 1. The highest BCUT2D eigenvalue weighted by molar-refractivity contribution is 7.90. The van der Waals surface area contributed by atoms with E-state index in [0.29, 0.717) is 10.8 Å². The molecule has 0 unspecified atom stereocenters. The number of hydrogen-bond donors (Lipinski definition) is 1. The van der Waals surface area contributed by atoms with E-state index in [1.165, 1.54) is 27.9 Å². The lowest BCUT2D eigenvalue weighted by Gasteiger charge is -2.43. The molecule has 1 aliphatic heterocycles. The number of nitrogens with zero attached hydrogens (tertiary/aromatic N) is 1. The molecule has 7 heteroatoms. The summed E-state index contributed by atoms with van der Waals surface area (Å²) in [4.78, 5) is 0.363. The van der Waals surface area contributed by atoms with Crippen molar-refractivity contribution in [2.24, 2.45) is 0 Å². The fraction of sp³-hybridized carbons (Fsp3) is 0.375. The maximum atomic E-state index is 13.2. The third-order valence-corrected chi connectivity index (χ3v) is 14.2. The summed E-state index contributed by atoms with van der Waals surface area (Å²) in [6.45, 7) is 13.9. The lowest BCUT2D eigenvalue weighted by atomic mass is 9.98. The van der Waals surface area contributed by atoms with Crippen molar-refractivity contribution in [1.82, 2.24) is 9.88 Å². The Morgan fingerprint density at radius 2 is 1.56 bits per heavy atom. The molecule has 206 valence electrons. The quantitative estimate of drug-likeness (QED) is 0.310. The van der Waals surface area contributed by atoms with E-state index in [4.69, 9.17) is 4.43 Å². The number of sulfone groups is 1. The molecule has 39 heavy (non-hydrogen) atoms. The van der Waals surface area contributed by atoms with Gasteiger partial charge in [-0.3, -0.25) is 0 Å². The van der Waals surface area contributed by atoms with E-state index >= 15 is 0 Å². The summed E-state index contributed by atoms with van der Waals surface area (Å²) in [6, 6.07) is 25.0. The molecule has 4 aromatic rings. The van der Waals surface area contributed by atoms with Crippen LogP contribution in [0.3, 0.4) is 0 Å². The minimum absolute atomic E-state index is 0.199. The van der Waals surface area contributed by atoms with E-state index in [9.17, 15) is 8.42 Å². The molecule has 1 N–H and O–H groups in total. The van der Waals surface area contributed by atoms with Crippen molar-refractivity contribution in [2.45, 2.75) is 70.2 Å². The minimum atomic E-state index is -3.49. The first-order valence-electron chi connectivity index (χ1n) is 13.8. The van der Waals surface area contributed by atoms with Crippen molar-refractivity contribution in [3.63, 3.8) is 0 Å². The van der Waals surface area contributed by atoms with Crippen LogP contribution < -0.4 is 15.7 Å². The van der Waals surface area contributed by atoms with E-state index in [-0.39, 0.29) is 11.6 Å². The zero-order valence-corrected chi connectivity index (χ0v) is 25.7. The number of benzene rings is 3. The Hall–Kier alpha value is -2.71. The summed E-state index contributed by atoms with van der Waals surface area (Å²) in [5.74, 6) is 0.318. The Balaban J connectivity index is 1.72. The molecule has 0 aliphatic carbocycles. The normalized spacial score (nSPS) is 14.6. The van der Waals surface area contributed by atoms with Gasteiger partial charge >= 0.3 is 0 Å². The van der Waals surface area contributed by atoms with Gasteiger partial charge in [0.2, 0.25) is 0 Å². The molecule has 5 nitrogen and oxygen atoms in total. The van der Waals surface area contributed by atoms with Gasteiger partial charge in [0, 0.05) is 42.5 Å². The van der Waals surface area contributed by atoms with Gasteiger partial charge in [0.25, 0.3) is 8.32 Å². The maximum absolute atomic E-state index is 13.2. The molecule has 0 bridgehead atoms.